The lowest BCUT2D eigenvalue weighted by molar-refractivity contribution is -0.137. The predicted molar refractivity (Wildman–Crippen MR) is 94.4 cm³/mol. The summed E-state index contributed by atoms with van der Waals surface area (Å²) in [6.07, 6.45) is -3.70. The molecule has 0 saturated carbocycles. The van der Waals surface area contributed by atoms with Gasteiger partial charge < -0.3 is 9.80 Å². The molecule has 1 amide bonds. The van der Waals surface area contributed by atoms with Gasteiger partial charge in [-0.25, -0.2) is 4.98 Å². The van der Waals surface area contributed by atoms with E-state index in [1.807, 2.05) is 0 Å². The summed E-state index contributed by atoms with van der Waals surface area (Å²) in [7, 11) is 0. The van der Waals surface area contributed by atoms with Gasteiger partial charge in [0.25, 0.3) is 5.91 Å². The number of rotatable bonds is 2. The molecule has 3 heterocycles. The molecule has 0 radical (unpaired) electrons. The highest BCUT2D eigenvalue weighted by Gasteiger charge is 2.32. The van der Waals surface area contributed by atoms with E-state index in [-0.39, 0.29) is 10.9 Å². The van der Waals surface area contributed by atoms with Gasteiger partial charge in [-0.3, -0.25) is 4.79 Å². The average molecular weight is 455 g/mol. The fourth-order valence-electron chi connectivity index (χ4n) is 2.54. The zero-order chi connectivity index (χ0) is 18.2. The van der Waals surface area contributed by atoms with Crippen molar-refractivity contribution in [3.63, 3.8) is 0 Å². The summed E-state index contributed by atoms with van der Waals surface area (Å²) in [5, 5.41) is 1.74. The fourth-order valence-corrected chi connectivity index (χ4v) is 3.96. The first-order valence-corrected chi connectivity index (χ1v) is 9.32. The molecule has 0 N–H and O–H groups in total. The van der Waals surface area contributed by atoms with Crippen LogP contribution in [0.3, 0.4) is 0 Å². The molecule has 0 unspecified atom stereocenters. The Morgan fingerprint density at radius 3 is 2.44 bits per heavy atom. The maximum atomic E-state index is 12.7. The van der Waals surface area contributed by atoms with Crippen LogP contribution in [0, 0.1) is 0 Å². The van der Waals surface area contributed by atoms with Crippen LogP contribution in [0.25, 0.3) is 0 Å². The molecule has 0 aromatic carbocycles. The minimum atomic E-state index is -4.48. The summed E-state index contributed by atoms with van der Waals surface area (Å²) in [6, 6.07) is 2.65. The topological polar surface area (TPSA) is 36.4 Å². The Bertz CT molecular complexity index is 791. The molecule has 10 heteroatoms. The van der Waals surface area contributed by atoms with Crippen molar-refractivity contribution in [3.05, 3.63) is 43.6 Å². The highest BCUT2D eigenvalue weighted by Crippen LogP contribution is 2.33. The maximum Gasteiger partial charge on any atom is 0.417 e. The largest absolute Gasteiger partial charge is 0.417 e. The molecule has 3 rings (SSSR count). The normalized spacial score (nSPS) is 15.6. The lowest BCUT2D eigenvalue weighted by atomic mass is 10.2. The van der Waals surface area contributed by atoms with E-state index in [2.05, 4.69) is 20.9 Å². The smallest absolute Gasteiger partial charge is 0.352 e. The number of pyridine rings is 1. The molecule has 134 valence electrons. The summed E-state index contributed by atoms with van der Waals surface area (Å²) < 4.78 is 38.9. The van der Waals surface area contributed by atoms with Gasteiger partial charge >= 0.3 is 6.18 Å². The van der Waals surface area contributed by atoms with Gasteiger partial charge in [-0.15, -0.1) is 11.3 Å². The van der Waals surface area contributed by atoms with E-state index in [1.54, 1.807) is 21.2 Å². The minimum absolute atomic E-state index is 0.0450. The van der Waals surface area contributed by atoms with Crippen LogP contribution < -0.4 is 4.90 Å². The minimum Gasteiger partial charge on any atom is -0.352 e. The van der Waals surface area contributed by atoms with E-state index in [0.29, 0.717) is 37.6 Å². The number of amides is 1. The van der Waals surface area contributed by atoms with Gasteiger partial charge in [0.05, 0.1) is 19.9 Å². The third kappa shape index (κ3) is 4.09. The van der Waals surface area contributed by atoms with E-state index in [0.717, 1.165) is 16.0 Å². The number of carbonyl (C=O) groups excluding carboxylic acids is 1. The maximum absolute atomic E-state index is 12.7. The van der Waals surface area contributed by atoms with Crippen LogP contribution in [0.15, 0.2) is 27.5 Å². The van der Waals surface area contributed by atoms with Gasteiger partial charge in [0.1, 0.15) is 5.82 Å². The van der Waals surface area contributed by atoms with Crippen molar-refractivity contribution < 1.29 is 18.0 Å². The first-order valence-electron chi connectivity index (χ1n) is 7.26. The van der Waals surface area contributed by atoms with Crippen LogP contribution in [-0.4, -0.2) is 42.0 Å². The highest BCUT2D eigenvalue weighted by molar-refractivity contribution is 9.11. The molecule has 0 bridgehead atoms. The molecule has 2 aromatic heterocycles. The zero-order valence-corrected chi connectivity index (χ0v) is 15.8. The van der Waals surface area contributed by atoms with Crippen molar-refractivity contribution in [1.82, 2.24) is 9.88 Å². The van der Waals surface area contributed by atoms with Gasteiger partial charge in [0.15, 0.2) is 0 Å². The molecule has 1 fully saturated rings. The van der Waals surface area contributed by atoms with Crippen molar-refractivity contribution >= 4 is 50.6 Å². The lowest BCUT2D eigenvalue weighted by Gasteiger charge is -2.35. The number of anilines is 1. The number of hydrogen-bond donors (Lipinski definition) is 0. The first kappa shape index (κ1) is 18.5. The molecule has 25 heavy (non-hydrogen) atoms. The Morgan fingerprint density at radius 2 is 1.92 bits per heavy atom. The van der Waals surface area contributed by atoms with E-state index >= 15 is 0 Å². The van der Waals surface area contributed by atoms with Crippen LogP contribution in [0.5, 0.6) is 0 Å². The molecular weight excluding hydrogens is 443 g/mol. The number of carbonyl (C=O) groups is 1. The number of halogens is 5. The van der Waals surface area contributed by atoms with Crippen molar-refractivity contribution in [2.24, 2.45) is 0 Å². The summed E-state index contributed by atoms with van der Waals surface area (Å²) in [4.78, 5) is 19.8. The standard InChI is InChI=1S/C15H12BrClF3N3OS/c16-12-5-9(8-25-12)14(24)23-3-1-22(2-4-23)13-11(17)6-10(7-21-13)15(18,19)20/h5-8H,1-4H2. The number of aromatic nitrogens is 1. The van der Waals surface area contributed by atoms with Crippen LogP contribution in [0.2, 0.25) is 5.02 Å². The molecule has 0 atom stereocenters. The fraction of sp³-hybridized carbons (Fsp3) is 0.333. The van der Waals surface area contributed by atoms with Crippen LogP contribution in [0.4, 0.5) is 19.0 Å². The van der Waals surface area contributed by atoms with Crippen molar-refractivity contribution in [2.75, 3.05) is 31.1 Å². The zero-order valence-electron chi connectivity index (χ0n) is 12.7. The number of thiophene rings is 1. The number of hydrogen-bond acceptors (Lipinski definition) is 4. The summed E-state index contributed by atoms with van der Waals surface area (Å²) in [6.45, 7) is 1.81. The highest BCUT2D eigenvalue weighted by atomic mass is 79.9. The Morgan fingerprint density at radius 1 is 1.24 bits per heavy atom. The average Bonchev–Trinajstić information content (AvgIpc) is 3.00. The van der Waals surface area contributed by atoms with Crippen LogP contribution in [0.1, 0.15) is 15.9 Å². The second kappa shape index (κ2) is 7.13. The van der Waals surface area contributed by atoms with E-state index in [1.165, 1.54) is 11.3 Å². The van der Waals surface area contributed by atoms with Crippen LogP contribution in [-0.2, 0) is 6.18 Å². The predicted octanol–water partition coefficient (Wildman–Crippen LogP) is 4.54. The van der Waals surface area contributed by atoms with E-state index in [4.69, 9.17) is 11.6 Å². The second-order valence-electron chi connectivity index (χ2n) is 5.45. The molecule has 1 aliphatic rings. The van der Waals surface area contributed by atoms with Crippen molar-refractivity contribution in [2.45, 2.75) is 6.18 Å². The summed E-state index contributed by atoms with van der Waals surface area (Å²) in [5.41, 5.74) is -0.255. The van der Waals surface area contributed by atoms with Crippen molar-refractivity contribution in [3.8, 4) is 0 Å². The lowest BCUT2D eigenvalue weighted by Crippen LogP contribution is -2.49. The van der Waals surface area contributed by atoms with E-state index in [9.17, 15) is 18.0 Å². The molecule has 4 nitrogen and oxygen atoms in total. The molecular formula is C15H12BrClF3N3OS. The third-order valence-corrected chi connectivity index (χ3v) is 5.61. The first-order chi connectivity index (χ1) is 11.8. The molecule has 0 spiro atoms. The summed E-state index contributed by atoms with van der Waals surface area (Å²) in [5.74, 6) is 0.244. The SMILES string of the molecule is O=C(c1csc(Br)c1)N1CCN(c2ncc(C(F)(F)F)cc2Cl)CC1. The molecule has 1 aliphatic heterocycles. The van der Waals surface area contributed by atoms with Gasteiger partial charge in [-0.1, -0.05) is 11.6 Å². The monoisotopic (exact) mass is 453 g/mol. The third-order valence-electron chi connectivity index (χ3n) is 3.83. The van der Waals surface area contributed by atoms with Gasteiger partial charge in [0.2, 0.25) is 0 Å². The Hall–Kier alpha value is -1.32. The van der Waals surface area contributed by atoms with Crippen molar-refractivity contribution in [1.29, 1.82) is 0 Å². The Labute approximate surface area is 159 Å². The Balaban J connectivity index is 1.67. The van der Waals surface area contributed by atoms with E-state index < -0.39 is 11.7 Å². The quantitative estimate of drug-likeness (QED) is 0.668. The number of piperazine rings is 1. The second-order valence-corrected chi connectivity index (χ2v) is 8.14. The summed E-state index contributed by atoms with van der Waals surface area (Å²) >= 11 is 10.7. The Kier molecular flexibility index (Phi) is 5.26. The van der Waals surface area contributed by atoms with Gasteiger partial charge in [-0.2, -0.15) is 13.2 Å². The molecule has 0 aliphatic carbocycles. The van der Waals surface area contributed by atoms with Gasteiger partial charge in [-0.05, 0) is 28.1 Å². The molecule has 1 saturated heterocycles. The number of nitrogens with zero attached hydrogens (tertiary/aromatic N) is 3. The molecule has 2 aromatic rings. The van der Waals surface area contributed by atoms with Gasteiger partial charge in [0, 0.05) is 37.8 Å². The number of alkyl halides is 3. The van der Waals surface area contributed by atoms with Crippen LogP contribution >= 0.6 is 38.9 Å².